The van der Waals surface area contributed by atoms with E-state index in [1.807, 2.05) is 17.8 Å². The number of hydrogen-bond acceptors (Lipinski definition) is 6. The third-order valence-corrected chi connectivity index (χ3v) is 2.72. The van der Waals surface area contributed by atoms with Crippen molar-refractivity contribution in [2.24, 2.45) is 7.05 Å². The molecule has 0 saturated heterocycles. The third kappa shape index (κ3) is 1.88. The summed E-state index contributed by atoms with van der Waals surface area (Å²) in [4.78, 5) is 4.07. The second kappa shape index (κ2) is 4.40. The number of hydrogen-bond donors (Lipinski definition) is 1. The molecule has 0 unspecified atom stereocenters. The molecule has 3 heterocycles. The molecule has 0 spiro atoms. The molecule has 92 valence electrons. The van der Waals surface area contributed by atoms with E-state index in [1.54, 1.807) is 23.1 Å². The molecule has 18 heavy (non-hydrogen) atoms. The molecule has 8 heteroatoms. The number of nitrogens with one attached hydrogen (secondary N) is 1. The summed E-state index contributed by atoms with van der Waals surface area (Å²) in [5.41, 5.74) is 1.79. The monoisotopic (exact) mass is 244 g/mol. The first-order chi connectivity index (χ1) is 8.84. The van der Waals surface area contributed by atoms with Crippen LogP contribution in [0, 0.1) is 0 Å². The fourth-order valence-electron chi connectivity index (χ4n) is 1.76. The van der Waals surface area contributed by atoms with E-state index in [-0.39, 0.29) is 0 Å². The lowest BCUT2D eigenvalue weighted by Crippen LogP contribution is -2.11. The van der Waals surface area contributed by atoms with Gasteiger partial charge in [0.05, 0.1) is 12.4 Å². The number of aryl methyl sites for hydroxylation is 1. The molecule has 3 aromatic heterocycles. The highest BCUT2D eigenvalue weighted by Gasteiger charge is 2.03. The van der Waals surface area contributed by atoms with Crippen molar-refractivity contribution in [2.75, 3.05) is 11.9 Å². The molecule has 1 N–H and O–H groups in total. The predicted octanol–water partition coefficient (Wildman–Crippen LogP) is -0.0926. The van der Waals surface area contributed by atoms with Gasteiger partial charge in [0.2, 0.25) is 0 Å². The molecule has 3 rings (SSSR count). The van der Waals surface area contributed by atoms with Gasteiger partial charge in [0.25, 0.3) is 0 Å². The van der Waals surface area contributed by atoms with E-state index in [9.17, 15) is 0 Å². The van der Waals surface area contributed by atoms with Crippen LogP contribution in [-0.2, 0) is 13.5 Å². The maximum Gasteiger partial charge on any atom is 0.199 e. The Hall–Kier alpha value is -2.51. The van der Waals surface area contributed by atoms with Gasteiger partial charge in [0.15, 0.2) is 5.65 Å². The molecule has 0 aliphatic rings. The van der Waals surface area contributed by atoms with Gasteiger partial charge >= 0.3 is 0 Å². The predicted molar refractivity (Wildman–Crippen MR) is 64.0 cm³/mol. The molecule has 0 atom stereocenters. The maximum atomic E-state index is 4.12. The number of tetrazole rings is 1. The summed E-state index contributed by atoms with van der Waals surface area (Å²) in [7, 11) is 1.93. The van der Waals surface area contributed by atoms with Crippen molar-refractivity contribution >= 4 is 11.5 Å². The van der Waals surface area contributed by atoms with E-state index >= 15 is 0 Å². The summed E-state index contributed by atoms with van der Waals surface area (Å²) in [6.45, 7) is 0.764. The summed E-state index contributed by atoms with van der Waals surface area (Å²) >= 11 is 0. The average Bonchev–Trinajstić information content (AvgIpc) is 2.99. The minimum absolute atomic E-state index is 0.625. The molecule has 0 aliphatic carbocycles. The Labute approximate surface area is 103 Å². The summed E-state index contributed by atoms with van der Waals surface area (Å²) < 4.78 is 3.48. The molecular formula is C10H12N8. The molecule has 0 saturated carbocycles. The van der Waals surface area contributed by atoms with Gasteiger partial charge in [-0.05, 0) is 16.5 Å². The number of anilines is 1. The summed E-state index contributed by atoms with van der Waals surface area (Å²) in [6.07, 6.45) is 5.98. The van der Waals surface area contributed by atoms with E-state index in [0.717, 1.165) is 18.8 Å². The molecule has 0 aromatic carbocycles. The van der Waals surface area contributed by atoms with E-state index in [4.69, 9.17) is 0 Å². The molecule has 0 bridgehead atoms. The molecule has 3 aromatic rings. The van der Waals surface area contributed by atoms with Crippen LogP contribution >= 0.6 is 0 Å². The van der Waals surface area contributed by atoms with Gasteiger partial charge in [-0.3, -0.25) is 9.67 Å². The normalized spacial score (nSPS) is 10.9. The van der Waals surface area contributed by atoms with Crippen molar-refractivity contribution in [3.63, 3.8) is 0 Å². The largest absolute Gasteiger partial charge is 0.368 e. The van der Waals surface area contributed by atoms with Crippen molar-refractivity contribution in [3.8, 4) is 0 Å². The van der Waals surface area contributed by atoms with Gasteiger partial charge in [-0.1, -0.05) is 0 Å². The molecule has 8 nitrogen and oxygen atoms in total. The van der Waals surface area contributed by atoms with E-state index in [1.165, 1.54) is 5.69 Å². The Morgan fingerprint density at radius 3 is 3.11 bits per heavy atom. The topological polar surface area (TPSA) is 85.8 Å². The smallest absolute Gasteiger partial charge is 0.199 e. The van der Waals surface area contributed by atoms with Crippen LogP contribution in [0.4, 0.5) is 5.82 Å². The Kier molecular flexibility index (Phi) is 2.60. The zero-order chi connectivity index (χ0) is 12.4. The lowest BCUT2D eigenvalue weighted by Gasteiger charge is -2.06. The van der Waals surface area contributed by atoms with Gasteiger partial charge in [-0.2, -0.15) is 9.61 Å². The third-order valence-electron chi connectivity index (χ3n) is 2.72. The first-order valence-electron chi connectivity index (χ1n) is 5.57. The first-order valence-corrected chi connectivity index (χ1v) is 5.57. The van der Waals surface area contributed by atoms with Gasteiger partial charge in [-0.15, -0.1) is 5.10 Å². The van der Waals surface area contributed by atoms with E-state index < -0.39 is 0 Å². The summed E-state index contributed by atoms with van der Waals surface area (Å²) in [5, 5.41) is 18.7. The highest BCUT2D eigenvalue weighted by molar-refractivity contribution is 5.43. The maximum absolute atomic E-state index is 4.12. The van der Waals surface area contributed by atoms with Gasteiger partial charge in [0.1, 0.15) is 5.82 Å². The summed E-state index contributed by atoms with van der Waals surface area (Å²) in [5.74, 6) is 0.777. The van der Waals surface area contributed by atoms with Gasteiger partial charge in [0, 0.05) is 31.9 Å². The standard InChI is InChI=1S/C10H12N8/c1-17-8(3-5-13-17)2-4-12-9-6-11-7-10-14-15-16-18(9)10/h3,5-7,12H,2,4H2,1H3. The molecule has 0 aliphatic heterocycles. The highest BCUT2D eigenvalue weighted by Crippen LogP contribution is 2.06. The quantitative estimate of drug-likeness (QED) is 0.690. The van der Waals surface area contributed by atoms with Crippen LogP contribution in [0.25, 0.3) is 5.65 Å². The number of rotatable bonds is 4. The molecular weight excluding hydrogens is 232 g/mol. The average molecular weight is 244 g/mol. The van der Waals surface area contributed by atoms with Crippen molar-refractivity contribution in [1.29, 1.82) is 0 Å². The zero-order valence-electron chi connectivity index (χ0n) is 9.85. The number of aromatic nitrogens is 7. The van der Waals surface area contributed by atoms with Crippen LogP contribution in [0.3, 0.4) is 0 Å². The number of fused-ring (bicyclic) bond motifs is 1. The van der Waals surface area contributed by atoms with Crippen molar-refractivity contribution in [2.45, 2.75) is 6.42 Å². The van der Waals surface area contributed by atoms with Crippen molar-refractivity contribution in [3.05, 3.63) is 30.4 Å². The van der Waals surface area contributed by atoms with Crippen LogP contribution in [0.1, 0.15) is 5.69 Å². The zero-order valence-corrected chi connectivity index (χ0v) is 9.85. The van der Waals surface area contributed by atoms with Crippen LogP contribution in [-0.4, -0.2) is 41.4 Å². The minimum Gasteiger partial charge on any atom is -0.368 e. The van der Waals surface area contributed by atoms with Crippen LogP contribution < -0.4 is 5.32 Å². The Morgan fingerprint density at radius 2 is 2.28 bits per heavy atom. The molecule has 0 amide bonds. The lowest BCUT2D eigenvalue weighted by atomic mass is 10.3. The van der Waals surface area contributed by atoms with Crippen molar-refractivity contribution < 1.29 is 0 Å². The van der Waals surface area contributed by atoms with Crippen LogP contribution in [0.5, 0.6) is 0 Å². The fraction of sp³-hybridized carbons (Fsp3) is 0.300. The first kappa shape index (κ1) is 10.6. The van der Waals surface area contributed by atoms with Gasteiger partial charge in [-0.25, -0.2) is 0 Å². The SMILES string of the molecule is Cn1nccc1CCNc1cncc2nnnn12. The van der Waals surface area contributed by atoms with Crippen molar-refractivity contribution in [1.82, 2.24) is 34.8 Å². The van der Waals surface area contributed by atoms with E-state index in [2.05, 4.69) is 30.9 Å². The second-order valence-corrected chi connectivity index (χ2v) is 3.86. The summed E-state index contributed by atoms with van der Waals surface area (Å²) in [6, 6.07) is 2.00. The Morgan fingerprint density at radius 1 is 1.33 bits per heavy atom. The minimum atomic E-state index is 0.625. The van der Waals surface area contributed by atoms with E-state index in [0.29, 0.717) is 5.65 Å². The molecule has 0 fully saturated rings. The van der Waals surface area contributed by atoms with Gasteiger partial charge < -0.3 is 5.32 Å². The second-order valence-electron chi connectivity index (χ2n) is 3.86. The van der Waals surface area contributed by atoms with Crippen LogP contribution in [0.15, 0.2) is 24.7 Å². The lowest BCUT2D eigenvalue weighted by molar-refractivity contribution is 0.709. The highest BCUT2D eigenvalue weighted by atomic mass is 15.5. The Bertz CT molecular complexity index is 655. The Balaban J connectivity index is 1.70. The number of nitrogens with zero attached hydrogens (tertiary/aromatic N) is 7. The van der Waals surface area contributed by atoms with Crippen LogP contribution in [0.2, 0.25) is 0 Å². The fourth-order valence-corrected chi connectivity index (χ4v) is 1.76. The molecule has 0 radical (unpaired) electrons.